The van der Waals surface area contributed by atoms with Crippen molar-refractivity contribution >= 4 is 28.4 Å². The van der Waals surface area contributed by atoms with E-state index >= 15 is 4.39 Å². The number of carbonyl (C=O) groups excluding carboxylic acids is 2. The number of piperidine rings is 1. The summed E-state index contributed by atoms with van der Waals surface area (Å²) < 4.78 is 33.1. The number of amides is 2. The summed E-state index contributed by atoms with van der Waals surface area (Å²) in [6.07, 6.45) is 3.73. The zero-order valence-corrected chi connectivity index (χ0v) is 23.6. The van der Waals surface area contributed by atoms with Crippen LogP contribution in [-0.2, 0) is 16.1 Å². The molecule has 0 aliphatic carbocycles. The number of anilines is 1. The standard InChI is InChI=1S/C32H33FN4O5/c1-36-14-11-22(12-15-36)20-41-30-18-26-24(17-29(30)40-2)27(10-13-35-26)42-28-9-8-23(16-25(28)33)37(32(39)31(34)38)19-21-6-4-3-5-7-21/h3-10,13,16-18,22H,11-12,14-15,19-20H2,1-2H3,(H2,34,38). The second-order valence-corrected chi connectivity index (χ2v) is 10.3. The third-order valence-electron chi connectivity index (χ3n) is 7.39. The van der Waals surface area contributed by atoms with E-state index < -0.39 is 17.6 Å². The van der Waals surface area contributed by atoms with Crippen LogP contribution in [0.15, 0.2) is 72.9 Å². The number of rotatable bonds is 9. The number of primary amides is 1. The molecule has 5 rings (SSSR count). The van der Waals surface area contributed by atoms with Gasteiger partial charge in [0.05, 0.1) is 25.8 Å². The lowest BCUT2D eigenvalue weighted by Crippen LogP contribution is -2.40. The zero-order valence-electron chi connectivity index (χ0n) is 23.6. The summed E-state index contributed by atoms with van der Waals surface area (Å²) >= 11 is 0. The molecule has 0 atom stereocenters. The average molecular weight is 573 g/mol. The van der Waals surface area contributed by atoms with Gasteiger partial charge in [0.15, 0.2) is 23.1 Å². The number of nitrogens with two attached hydrogens (primary N) is 1. The quantitative estimate of drug-likeness (QED) is 0.284. The number of likely N-dealkylation sites (tertiary alicyclic amines) is 1. The second kappa shape index (κ2) is 12.9. The lowest BCUT2D eigenvalue weighted by molar-refractivity contribution is -0.135. The highest BCUT2D eigenvalue weighted by atomic mass is 19.1. The first-order valence-electron chi connectivity index (χ1n) is 13.7. The van der Waals surface area contributed by atoms with Gasteiger partial charge in [0, 0.05) is 29.4 Å². The molecule has 1 saturated heterocycles. The van der Waals surface area contributed by atoms with Crippen LogP contribution >= 0.6 is 0 Å². The maximum absolute atomic E-state index is 15.4. The average Bonchev–Trinajstić information content (AvgIpc) is 3.00. The van der Waals surface area contributed by atoms with Crippen LogP contribution in [0.4, 0.5) is 10.1 Å². The minimum atomic E-state index is -1.14. The molecule has 0 bridgehead atoms. The van der Waals surface area contributed by atoms with Crippen LogP contribution in [-0.4, -0.2) is 55.6 Å². The number of pyridine rings is 1. The Balaban J connectivity index is 1.38. The van der Waals surface area contributed by atoms with Gasteiger partial charge in [-0.1, -0.05) is 30.3 Å². The van der Waals surface area contributed by atoms with Crippen molar-refractivity contribution in [3.05, 3.63) is 84.3 Å². The summed E-state index contributed by atoms with van der Waals surface area (Å²) in [5.41, 5.74) is 6.79. The first-order valence-corrected chi connectivity index (χ1v) is 13.7. The normalized spacial score (nSPS) is 14.0. The van der Waals surface area contributed by atoms with E-state index in [0.29, 0.717) is 40.7 Å². The number of methoxy groups -OCH3 is 1. The van der Waals surface area contributed by atoms with Gasteiger partial charge in [-0.25, -0.2) is 4.39 Å². The predicted molar refractivity (Wildman–Crippen MR) is 157 cm³/mol. The van der Waals surface area contributed by atoms with Crippen molar-refractivity contribution in [2.75, 3.05) is 38.8 Å². The van der Waals surface area contributed by atoms with Gasteiger partial charge in [0.2, 0.25) is 0 Å². The van der Waals surface area contributed by atoms with Crippen LogP contribution in [0.5, 0.6) is 23.0 Å². The molecule has 218 valence electrons. The molecule has 1 aromatic heterocycles. The molecule has 42 heavy (non-hydrogen) atoms. The van der Waals surface area contributed by atoms with Crippen molar-refractivity contribution in [1.82, 2.24) is 9.88 Å². The number of benzene rings is 3. The van der Waals surface area contributed by atoms with E-state index in [9.17, 15) is 9.59 Å². The van der Waals surface area contributed by atoms with E-state index in [1.807, 2.05) is 6.07 Å². The molecule has 2 N–H and O–H groups in total. The number of hydrogen-bond donors (Lipinski definition) is 1. The largest absolute Gasteiger partial charge is 0.493 e. The van der Waals surface area contributed by atoms with Crippen molar-refractivity contribution in [3.63, 3.8) is 0 Å². The molecule has 1 aliphatic rings. The van der Waals surface area contributed by atoms with E-state index in [0.717, 1.165) is 42.5 Å². The van der Waals surface area contributed by atoms with Gasteiger partial charge in [-0.2, -0.15) is 0 Å². The summed E-state index contributed by atoms with van der Waals surface area (Å²) in [4.78, 5) is 32.2. The van der Waals surface area contributed by atoms with Gasteiger partial charge in [0.1, 0.15) is 5.75 Å². The van der Waals surface area contributed by atoms with Crippen molar-refractivity contribution in [2.45, 2.75) is 19.4 Å². The van der Waals surface area contributed by atoms with Crippen molar-refractivity contribution in [3.8, 4) is 23.0 Å². The number of nitrogens with zero attached hydrogens (tertiary/aromatic N) is 3. The van der Waals surface area contributed by atoms with Gasteiger partial charge in [-0.3, -0.25) is 19.5 Å². The van der Waals surface area contributed by atoms with E-state index in [2.05, 4.69) is 16.9 Å². The third-order valence-corrected chi connectivity index (χ3v) is 7.39. The Morgan fingerprint density at radius 3 is 2.45 bits per heavy atom. The van der Waals surface area contributed by atoms with Gasteiger partial charge in [0.25, 0.3) is 0 Å². The fourth-order valence-corrected chi connectivity index (χ4v) is 4.96. The Kier molecular flexibility index (Phi) is 8.83. The summed E-state index contributed by atoms with van der Waals surface area (Å²) in [6.45, 7) is 2.73. The molecule has 2 heterocycles. The Labute approximate surface area is 243 Å². The minimum absolute atomic E-state index is 0.0409. The van der Waals surface area contributed by atoms with Gasteiger partial charge >= 0.3 is 11.8 Å². The number of fused-ring (bicyclic) bond motifs is 1. The van der Waals surface area contributed by atoms with Crippen LogP contribution in [0.1, 0.15) is 18.4 Å². The molecular formula is C32H33FN4O5. The van der Waals surface area contributed by atoms with Crippen LogP contribution < -0.4 is 24.8 Å². The molecule has 1 aliphatic heterocycles. The van der Waals surface area contributed by atoms with Crippen LogP contribution in [0.25, 0.3) is 10.9 Å². The molecule has 0 saturated carbocycles. The number of carbonyl (C=O) groups is 2. The van der Waals surface area contributed by atoms with Crippen molar-refractivity contribution in [2.24, 2.45) is 11.7 Å². The van der Waals surface area contributed by atoms with Gasteiger partial charge in [-0.15, -0.1) is 0 Å². The van der Waals surface area contributed by atoms with E-state index in [1.54, 1.807) is 55.8 Å². The van der Waals surface area contributed by atoms with Crippen LogP contribution in [0.2, 0.25) is 0 Å². The molecule has 4 aromatic rings. The Morgan fingerprint density at radius 2 is 1.76 bits per heavy atom. The van der Waals surface area contributed by atoms with E-state index in [-0.39, 0.29) is 18.0 Å². The summed E-state index contributed by atoms with van der Waals surface area (Å²) in [6, 6.07) is 18.3. The summed E-state index contributed by atoms with van der Waals surface area (Å²) in [5.74, 6) is -0.950. The van der Waals surface area contributed by atoms with Gasteiger partial charge < -0.3 is 24.8 Å². The topological polar surface area (TPSA) is 107 Å². The Morgan fingerprint density at radius 1 is 1.00 bits per heavy atom. The molecular weight excluding hydrogens is 539 g/mol. The zero-order chi connectivity index (χ0) is 29.6. The molecule has 3 aromatic carbocycles. The fourth-order valence-electron chi connectivity index (χ4n) is 4.96. The minimum Gasteiger partial charge on any atom is -0.493 e. The van der Waals surface area contributed by atoms with Crippen molar-refractivity contribution < 1.29 is 28.2 Å². The molecule has 10 heteroatoms. The number of aromatic nitrogens is 1. The second-order valence-electron chi connectivity index (χ2n) is 10.3. The lowest BCUT2D eigenvalue weighted by Gasteiger charge is -2.28. The molecule has 0 radical (unpaired) electrons. The first kappa shape index (κ1) is 28.8. The molecule has 0 unspecified atom stereocenters. The number of hydrogen-bond acceptors (Lipinski definition) is 7. The maximum Gasteiger partial charge on any atom is 0.316 e. The van der Waals surface area contributed by atoms with Crippen LogP contribution in [0, 0.1) is 11.7 Å². The van der Waals surface area contributed by atoms with Crippen LogP contribution in [0.3, 0.4) is 0 Å². The third kappa shape index (κ3) is 6.60. The summed E-state index contributed by atoms with van der Waals surface area (Å²) in [7, 11) is 3.69. The number of halogens is 1. The monoisotopic (exact) mass is 572 g/mol. The Bertz CT molecular complexity index is 1570. The summed E-state index contributed by atoms with van der Waals surface area (Å²) in [5, 5.41) is 0.610. The van der Waals surface area contributed by atoms with E-state index in [4.69, 9.17) is 19.9 Å². The first-order chi connectivity index (χ1) is 20.3. The van der Waals surface area contributed by atoms with E-state index in [1.165, 1.54) is 12.1 Å². The lowest BCUT2D eigenvalue weighted by atomic mass is 9.98. The van der Waals surface area contributed by atoms with Crippen molar-refractivity contribution in [1.29, 1.82) is 0 Å². The Hall–Kier alpha value is -4.70. The smallest absolute Gasteiger partial charge is 0.316 e. The highest BCUT2D eigenvalue weighted by molar-refractivity contribution is 6.39. The maximum atomic E-state index is 15.4. The number of ether oxygens (including phenoxy) is 3. The highest BCUT2D eigenvalue weighted by Crippen LogP contribution is 2.38. The molecule has 0 spiro atoms. The molecule has 1 fully saturated rings. The van der Waals surface area contributed by atoms with Gasteiger partial charge in [-0.05, 0) is 68.7 Å². The molecule has 2 amide bonds. The SMILES string of the molecule is COc1cc2c(Oc3ccc(N(Cc4ccccc4)C(=O)C(N)=O)cc3F)ccnc2cc1OCC1CCN(C)CC1. The molecule has 9 nitrogen and oxygen atoms in total. The highest BCUT2D eigenvalue weighted by Gasteiger charge is 2.23. The fraction of sp³-hybridized carbons (Fsp3) is 0.281. The predicted octanol–water partition coefficient (Wildman–Crippen LogP) is 4.91.